The van der Waals surface area contributed by atoms with Gasteiger partial charge in [0, 0.05) is 25.3 Å². The van der Waals surface area contributed by atoms with E-state index in [1.165, 1.54) is 0 Å². The Labute approximate surface area is 141 Å². The van der Waals surface area contributed by atoms with E-state index in [1.54, 1.807) is 11.6 Å². The van der Waals surface area contributed by atoms with Crippen molar-refractivity contribution in [3.8, 4) is 6.07 Å². The molecule has 1 heterocycles. The first-order valence-corrected chi connectivity index (χ1v) is 7.92. The van der Waals surface area contributed by atoms with Crippen molar-refractivity contribution in [2.45, 2.75) is 25.2 Å². The van der Waals surface area contributed by atoms with Crippen molar-refractivity contribution in [3.05, 3.63) is 76.2 Å². The van der Waals surface area contributed by atoms with E-state index >= 15 is 0 Å². The summed E-state index contributed by atoms with van der Waals surface area (Å²) in [6, 6.07) is 19.7. The average molecular weight is 317 g/mol. The molecule has 0 aliphatic heterocycles. The molecule has 0 amide bonds. The molecule has 0 N–H and O–H groups in total. The third kappa shape index (κ3) is 2.81. The number of nitrogens with zero attached hydrogens (tertiary/aromatic N) is 3. The quantitative estimate of drug-likeness (QED) is 0.741. The van der Waals surface area contributed by atoms with Gasteiger partial charge in [0.05, 0.1) is 17.1 Å². The summed E-state index contributed by atoms with van der Waals surface area (Å²) in [7, 11) is 1.76. The molecule has 4 heteroatoms. The molecule has 0 bridgehead atoms. The number of para-hydroxylation sites is 2. The Morgan fingerprint density at radius 1 is 1.12 bits per heavy atom. The van der Waals surface area contributed by atoms with Crippen LogP contribution in [0.4, 0.5) is 0 Å². The van der Waals surface area contributed by atoms with Gasteiger partial charge in [-0.2, -0.15) is 5.26 Å². The highest BCUT2D eigenvalue weighted by atomic mass is 16.1. The summed E-state index contributed by atoms with van der Waals surface area (Å²) in [5.74, 6) is 0. The zero-order valence-electron chi connectivity index (χ0n) is 13.9. The average Bonchev–Trinajstić information content (AvgIpc) is 2.60. The van der Waals surface area contributed by atoms with Gasteiger partial charge in [0.15, 0.2) is 0 Å². The first-order chi connectivity index (χ1) is 11.5. The van der Waals surface area contributed by atoms with Crippen LogP contribution in [-0.4, -0.2) is 9.55 Å². The molecule has 0 saturated heterocycles. The molecule has 24 heavy (non-hydrogen) atoms. The van der Waals surface area contributed by atoms with Crippen molar-refractivity contribution in [1.82, 2.24) is 9.55 Å². The Bertz CT molecular complexity index is 970. The fourth-order valence-corrected chi connectivity index (χ4v) is 3.10. The lowest BCUT2D eigenvalue weighted by Gasteiger charge is -2.27. The highest BCUT2D eigenvalue weighted by molar-refractivity contribution is 5.74. The number of hydrogen-bond donors (Lipinski definition) is 0. The summed E-state index contributed by atoms with van der Waals surface area (Å²) in [6.45, 7) is 2.02. The van der Waals surface area contributed by atoms with Crippen LogP contribution < -0.4 is 5.56 Å². The molecule has 3 aromatic rings. The highest BCUT2D eigenvalue weighted by Gasteiger charge is 2.29. The Morgan fingerprint density at radius 2 is 1.79 bits per heavy atom. The molecule has 3 rings (SSSR count). The maximum absolute atomic E-state index is 12.7. The van der Waals surface area contributed by atoms with E-state index < -0.39 is 5.41 Å². The standard InChI is InChI=1S/C20H19N3O/c1-20(12-13-21,15-8-4-3-5-9-15)14-17-19(24)23(2)18-11-7-6-10-16(18)22-17/h3-11H,12,14H2,1-2H3. The van der Waals surface area contributed by atoms with E-state index in [9.17, 15) is 10.1 Å². The molecule has 0 fully saturated rings. The Kier molecular flexibility index (Phi) is 4.18. The zero-order chi connectivity index (χ0) is 17.2. The first kappa shape index (κ1) is 15.9. The van der Waals surface area contributed by atoms with Crippen molar-refractivity contribution >= 4 is 11.0 Å². The lowest BCUT2D eigenvalue weighted by atomic mass is 9.76. The number of hydrogen-bond acceptors (Lipinski definition) is 3. The van der Waals surface area contributed by atoms with E-state index in [0.717, 1.165) is 16.6 Å². The summed E-state index contributed by atoms with van der Waals surface area (Å²) < 4.78 is 1.63. The van der Waals surface area contributed by atoms with E-state index in [2.05, 4.69) is 11.1 Å². The number of aryl methyl sites for hydroxylation is 1. The summed E-state index contributed by atoms with van der Waals surface area (Å²) >= 11 is 0. The second kappa shape index (κ2) is 6.29. The van der Waals surface area contributed by atoms with Crippen LogP contribution in [-0.2, 0) is 18.9 Å². The third-order valence-electron chi connectivity index (χ3n) is 4.55. The van der Waals surface area contributed by atoms with Gasteiger partial charge in [-0.15, -0.1) is 0 Å². The zero-order valence-corrected chi connectivity index (χ0v) is 13.9. The smallest absolute Gasteiger partial charge is 0.272 e. The van der Waals surface area contributed by atoms with Gasteiger partial charge in [-0.1, -0.05) is 49.4 Å². The molecule has 1 aromatic heterocycles. The largest absolute Gasteiger partial charge is 0.308 e. The van der Waals surface area contributed by atoms with E-state index in [-0.39, 0.29) is 5.56 Å². The molecule has 120 valence electrons. The summed E-state index contributed by atoms with van der Waals surface area (Å²) in [5, 5.41) is 9.28. The van der Waals surface area contributed by atoms with Crippen LogP contribution in [0, 0.1) is 11.3 Å². The molecule has 0 radical (unpaired) electrons. The van der Waals surface area contributed by atoms with Crippen LogP contribution >= 0.6 is 0 Å². The van der Waals surface area contributed by atoms with Crippen LogP contribution in [0.25, 0.3) is 11.0 Å². The van der Waals surface area contributed by atoms with Gasteiger partial charge in [-0.3, -0.25) is 4.79 Å². The van der Waals surface area contributed by atoms with Gasteiger partial charge in [0.2, 0.25) is 0 Å². The van der Waals surface area contributed by atoms with Crippen LogP contribution in [0.2, 0.25) is 0 Å². The fraction of sp³-hybridized carbons (Fsp3) is 0.250. The van der Waals surface area contributed by atoms with Gasteiger partial charge < -0.3 is 4.57 Å². The summed E-state index contributed by atoms with van der Waals surface area (Å²) in [6.07, 6.45) is 0.761. The monoisotopic (exact) mass is 317 g/mol. The molecule has 0 spiro atoms. The Morgan fingerprint density at radius 3 is 2.50 bits per heavy atom. The predicted molar refractivity (Wildman–Crippen MR) is 94.7 cm³/mol. The van der Waals surface area contributed by atoms with Crippen molar-refractivity contribution in [1.29, 1.82) is 5.26 Å². The number of benzene rings is 2. The number of nitriles is 1. The summed E-state index contributed by atoms with van der Waals surface area (Å²) in [5.41, 5.74) is 2.60. The third-order valence-corrected chi connectivity index (χ3v) is 4.55. The van der Waals surface area contributed by atoms with Gasteiger partial charge in [-0.05, 0) is 17.7 Å². The topological polar surface area (TPSA) is 58.7 Å². The fourth-order valence-electron chi connectivity index (χ4n) is 3.10. The van der Waals surface area contributed by atoms with Crippen molar-refractivity contribution in [2.75, 3.05) is 0 Å². The van der Waals surface area contributed by atoms with Gasteiger partial charge >= 0.3 is 0 Å². The normalized spacial score (nSPS) is 13.4. The molecule has 1 atom stereocenters. The van der Waals surface area contributed by atoms with Gasteiger partial charge in [0.1, 0.15) is 5.69 Å². The predicted octanol–water partition coefficient (Wildman–Crippen LogP) is 3.35. The van der Waals surface area contributed by atoms with Crippen molar-refractivity contribution in [2.24, 2.45) is 7.05 Å². The lowest BCUT2D eigenvalue weighted by molar-refractivity contribution is 0.471. The molecular weight excluding hydrogens is 298 g/mol. The maximum atomic E-state index is 12.7. The number of rotatable bonds is 4. The minimum atomic E-state index is -0.447. The highest BCUT2D eigenvalue weighted by Crippen LogP contribution is 2.30. The Balaban J connectivity index is 2.12. The Hall–Kier alpha value is -2.93. The van der Waals surface area contributed by atoms with Crippen LogP contribution in [0.3, 0.4) is 0 Å². The SMILES string of the molecule is Cn1c(=O)c(CC(C)(CC#N)c2ccccc2)nc2ccccc21. The van der Waals surface area contributed by atoms with Gasteiger partial charge in [-0.25, -0.2) is 4.98 Å². The molecular formula is C20H19N3O. The second-order valence-electron chi connectivity index (χ2n) is 6.35. The van der Waals surface area contributed by atoms with Crippen LogP contribution in [0.15, 0.2) is 59.4 Å². The second-order valence-corrected chi connectivity index (χ2v) is 6.35. The van der Waals surface area contributed by atoms with Crippen molar-refractivity contribution in [3.63, 3.8) is 0 Å². The molecule has 0 aliphatic rings. The van der Waals surface area contributed by atoms with Crippen molar-refractivity contribution < 1.29 is 0 Å². The molecule has 4 nitrogen and oxygen atoms in total. The van der Waals surface area contributed by atoms with Crippen LogP contribution in [0.1, 0.15) is 24.6 Å². The first-order valence-electron chi connectivity index (χ1n) is 7.92. The van der Waals surface area contributed by atoms with Gasteiger partial charge in [0.25, 0.3) is 5.56 Å². The number of aromatic nitrogens is 2. The summed E-state index contributed by atoms with van der Waals surface area (Å²) in [4.78, 5) is 17.3. The number of fused-ring (bicyclic) bond motifs is 1. The van der Waals surface area contributed by atoms with E-state index in [4.69, 9.17) is 0 Å². The molecule has 2 aromatic carbocycles. The minimum Gasteiger partial charge on any atom is -0.308 e. The van der Waals surface area contributed by atoms with Crippen LogP contribution in [0.5, 0.6) is 0 Å². The molecule has 1 unspecified atom stereocenters. The minimum absolute atomic E-state index is 0.103. The van der Waals surface area contributed by atoms with E-state index in [0.29, 0.717) is 18.5 Å². The van der Waals surface area contributed by atoms with E-state index in [1.807, 2.05) is 61.5 Å². The molecule has 0 aliphatic carbocycles. The lowest BCUT2D eigenvalue weighted by Crippen LogP contribution is -2.31. The maximum Gasteiger partial charge on any atom is 0.272 e. The molecule has 0 saturated carbocycles.